The molecule has 1 unspecified atom stereocenters. The maximum absolute atomic E-state index is 2.56. The molecule has 0 bridgehead atoms. The normalized spacial score (nSPS) is 14.6. The van der Waals surface area contributed by atoms with Gasteiger partial charge in [-0.1, -0.05) is 72.5 Å². The van der Waals surface area contributed by atoms with Crippen molar-refractivity contribution < 1.29 is 0 Å². The zero-order chi connectivity index (χ0) is 14.0. The number of hydrogen-bond donors (Lipinski definition) is 0. The van der Waals surface area contributed by atoms with Gasteiger partial charge in [0.05, 0.1) is 0 Å². The smallest absolute Gasteiger partial charge is 0.0229 e. The van der Waals surface area contributed by atoms with Gasteiger partial charge in [0.1, 0.15) is 0 Å². The second-order valence-corrected chi connectivity index (χ2v) is 6.76. The highest BCUT2D eigenvalue weighted by molar-refractivity contribution is 5.06. The number of rotatable bonds is 10. The van der Waals surface area contributed by atoms with Crippen molar-refractivity contribution in [1.29, 1.82) is 0 Å². The Labute approximate surface area is 116 Å². The van der Waals surface area contributed by atoms with E-state index in [0.29, 0.717) is 0 Å². The van der Waals surface area contributed by atoms with Crippen LogP contribution in [0, 0.1) is 17.8 Å². The zero-order valence-electron chi connectivity index (χ0n) is 13.8. The molecule has 0 nitrogen and oxygen atoms in total. The lowest BCUT2D eigenvalue weighted by molar-refractivity contribution is 0.458. The molecule has 0 saturated carbocycles. The Morgan fingerprint density at radius 1 is 0.889 bits per heavy atom. The van der Waals surface area contributed by atoms with Crippen molar-refractivity contribution in [2.45, 2.75) is 86.5 Å². The standard InChI is InChI=1S/C18H36/c1-7-8-9-10-11-12-18(14-16(4)5)17(6)13-15(2)3/h12,15-17H,7-11,13-14H2,1-6H3. The van der Waals surface area contributed by atoms with Crippen molar-refractivity contribution >= 4 is 0 Å². The van der Waals surface area contributed by atoms with Gasteiger partial charge in [-0.2, -0.15) is 0 Å². The molecule has 0 N–H and O–H groups in total. The first-order chi connectivity index (χ1) is 8.47. The summed E-state index contributed by atoms with van der Waals surface area (Å²) in [6, 6.07) is 0. The van der Waals surface area contributed by atoms with Crippen molar-refractivity contribution in [2.24, 2.45) is 17.8 Å². The van der Waals surface area contributed by atoms with E-state index in [2.05, 4.69) is 47.6 Å². The van der Waals surface area contributed by atoms with Gasteiger partial charge in [0.2, 0.25) is 0 Å². The highest BCUT2D eigenvalue weighted by atomic mass is 14.2. The van der Waals surface area contributed by atoms with E-state index in [-0.39, 0.29) is 0 Å². The van der Waals surface area contributed by atoms with Crippen molar-refractivity contribution in [3.05, 3.63) is 11.6 Å². The summed E-state index contributed by atoms with van der Waals surface area (Å²) in [4.78, 5) is 0. The molecule has 0 aromatic heterocycles. The molecule has 0 spiro atoms. The Balaban J connectivity index is 4.23. The minimum Gasteiger partial charge on any atom is -0.0851 e. The van der Waals surface area contributed by atoms with Gasteiger partial charge >= 0.3 is 0 Å². The van der Waals surface area contributed by atoms with Gasteiger partial charge in [-0.25, -0.2) is 0 Å². The van der Waals surface area contributed by atoms with Gasteiger partial charge in [-0.05, 0) is 43.4 Å². The topological polar surface area (TPSA) is 0 Å². The number of allylic oxidation sites excluding steroid dienone is 2. The fourth-order valence-electron chi connectivity index (χ4n) is 2.67. The summed E-state index contributed by atoms with van der Waals surface area (Å²) >= 11 is 0. The van der Waals surface area contributed by atoms with Crippen molar-refractivity contribution in [3.8, 4) is 0 Å². The number of unbranched alkanes of at least 4 members (excludes halogenated alkanes) is 4. The summed E-state index contributed by atoms with van der Waals surface area (Å²) in [5, 5.41) is 0. The van der Waals surface area contributed by atoms with Crippen LogP contribution in [0.25, 0.3) is 0 Å². The third-order valence-corrected chi connectivity index (χ3v) is 3.57. The average Bonchev–Trinajstić information content (AvgIpc) is 2.25. The van der Waals surface area contributed by atoms with Crippen LogP contribution in [0.15, 0.2) is 11.6 Å². The van der Waals surface area contributed by atoms with E-state index in [0.717, 1.165) is 17.8 Å². The second-order valence-electron chi connectivity index (χ2n) is 6.76. The lowest BCUT2D eigenvalue weighted by Crippen LogP contribution is -2.06. The highest BCUT2D eigenvalue weighted by Crippen LogP contribution is 2.26. The minimum atomic E-state index is 0.776. The Kier molecular flexibility index (Phi) is 10.5. The van der Waals surface area contributed by atoms with Crippen molar-refractivity contribution in [3.63, 3.8) is 0 Å². The molecular weight excluding hydrogens is 216 g/mol. The Morgan fingerprint density at radius 2 is 1.56 bits per heavy atom. The maximum Gasteiger partial charge on any atom is -0.0229 e. The van der Waals surface area contributed by atoms with Crippen LogP contribution in [0.3, 0.4) is 0 Å². The molecule has 0 heteroatoms. The van der Waals surface area contributed by atoms with Crippen LogP contribution in [0.5, 0.6) is 0 Å². The lowest BCUT2D eigenvalue weighted by Gasteiger charge is -2.20. The monoisotopic (exact) mass is 252 g/mol. The molecular formula is C18H36. The summed E-state index contributed by atoms with van der Waals surface area (Å²) in [5.41, 5.74) is 1.72. The van der Waals surface area contributed by atoms with Gasteiger partial charge < -0.3 is 0 Å². The molecule has 0 radical (unpaired) electrons. The molecule has 1 atom stereocenters. The molecule has 0 aromatic rings. The van der Waals surface area contributed by atoms with Gasteiger partial charge in [-0.3, -0.25) is 0 Å². The van der Waals surface area contributed by atoms with Gasteiger partial charge in [0.15, 0.2) is 0 Å². The SMILES string of the molecule is CCCCCCC=C(CC(C)C)C(C)CC(C)C. The number of hydrogen-bond acceptors (Lipinski definition) is 0. The van der Waals surface area contributed by atoms with Crippen LogP contribution < -0.4 is 0 Å². The van der Waals surface area contributed by atoms with Gasteiger partial charge in [0.25, 0.3) is 0 Å². The van der Waals surface area contributed by atoms with Crippen LogP contribution in [0.4, 0.5) is 0 Å². The first-order valence-corrected chi connectivity index (χ1v) is 8.16. The Morgan fingerprint density at radius 3 is 2.06 bits per heavy atom. The summed E-state index contributed by atoms with van der Waals surface area (Å²) in [6.07, 6.45) is 12.0. The Bertz CT molecular complexity index is 210. The van der Waals surface area contributed by atoms with Crippen LogP contribution in [-0.4, -0.2) is 0 Å². The fourth-order valence-corrected chi connectivity index (χ4v) is 2.67. The van der Waals surface area contributed by atoms with Gasteiger partial charge in [0, 0.05) is 0 Å². The lowest BCUT2D eigenvalue weighted by atomic mass is 9.86. The maximum atomic E-state index is 2.56. The molecule has 0 amide bonds. The summed E-state index contributed by atoms with van der Waals surface area (Å²) < 4.78 is 0. The van der Waals surface area contributed by atoms with E-state index >= 15 is 0 Å². The largest absolute Gasteiger partial charge is 0.0851 e. The van der Waals surface area contributed by atoms with Crippen LogP contribution >= 0.6 is 0 Å². The summed E-state index contributed by atoms with van der Waals surface area (Å²) in [6.45, 7) is 14.1. The molecule has 18 heavy (non-hydrogen) atoms. The minimum absolute atomic E-state index is 0.776. The van der Waals surface area contributed by atoms with Crippen LogP contribution in [0.1, 0.15) is 86.5 Å². The molecule has 0 saturated heterocycles. The fraction of sp³-hybridized carbons (Fsp3) is 0.889. The molecule has 0 heterocycles. The highest BCUT2D eigenvalue weighted by Gasteiger charge is 2.11. The van der Waals surface area contributed by atoms with E-state index < -0.39 is 0 Å². The van der Waals surface area contributed by atoms with E-state index in [1.807, 2.05) is 0 Å². The van der Waals surface area contributed by atoms with E-state index in [1.165, 1.54) is 44.9 Å². The molecule has 108 valence electrons. The predicted molar refractivity (Wildman–Crippen MR) is 84.9 cm³/mol. The third kappa shape index (κ3) is 9.74. The quantitative estimate of drug-likeness (QED) is 0.303. The van der Waals surface area contributed by atoms with Crippen LogP contribution in [-0.2, 0) is 0 Å². The van der Waals surface area contributed by atoms with Crippen LogP contribution in [0.2, 0.25) is 0 Å². The van der Waals surface area contributed by atoms with E-state index in [1.54, 1.807) is 5.57 Å². The molecule has 0 rings (SSSR count). The third-order valence-electron chi connectivity index (χ3n) is 3.57. The molecule has 0 aromatic carbocycles. The zero-order valence-corrected chi connectivity index (χ0v) is 13.8. The van der Waals surface area contributed by atoms with Crippen molar-refractivity contribution in [1.82, 2.24) is 0 Å². The predicted octanol–water partition coefficient (Wildman–Crippen LogP) is 6.61. The molecule has 0 aliphatic carbocycles. The summed E-state index contributed by atoms with van der Waals surface area (Å²) in [7, 11) is 0. The Hall–Kier alpha value is -0.260. The first kappa shape index (κ1) is 17.7. The van der Waals surface area contributed by atoms with E-state index in [4.69, 9.17) is 0 Å². The average molecular weight is 252 g/mol. The van der Waals surface area contributed by atoms with E-state index in [9.17, 15) is 0 Å². The molecule has 0 aliphatic heterocycles. The molecule has 0 fully saturated rings. The van der Waals surface area contributed by atoms with Gasteiger partial charge in [-0.15, -0.1) is 0 Å². The summed E-state index contributed by atoms with van der Waals surface area (Å²) in [5.74, 6) is 2.38. The van der Waals surface area contributed by atoms with Crippen molar-refractivity contribution in [2.75, 3.05) is 0 Å². The first-order valence-electron chi connectivity index (χ1n) is 8.16. The second kappa shape index (κ2) is 10.6. The molecule has 0 aliphatic rings.